The van der Waals surface area contributed by atoms with Crippen molar-refractivity contribution in [1.29, 1.82) is 0 Å². The Labute approximate surface area is 118 Å². The van der Waals surface area contributed by atoms with Gasteiger partial charge in [0.15, 0.2) is 0 Å². The molecule has 1 aromatic carbocycles. The molecule has 0 aliphatic carbocycles. The van der Waals surface area contributed by atoms with Crippen molar-refractivity contribution in [1.82, 2.24) is 4.72 Å². The predicted octanol–water partition coefficient (Wildman–Crippen LogP) is 1.57. The van der Waals surface area contributed by atoms with Crippen molar-refractivity contribution in [2.24, 2.45) is 5.73 Å². The van der Waals surface area contributed by atoms with Crippen LogP contribution in [0.25, 0.3) is 0 Å². The van der Waals surface area contributed by atoms with Crippen LogP contribution in [0, 0.1) is 6.92 Å². The van der Waals surface area contributed by atoms with E-state index in [9.17, 15) is 8.42 Å². The summed E-state index contributed by atoms with van der Waals surface area (Å²) in [7, 11) is -3.52. The lowest BCUT2D eigenvalue weighted by Crippen LogP contribution is -2.27. The molecule has 0 saturated carbocycles. The van der Waals surface area contributed by atoms with Crippen LogP contribution in [-0.4, -0.2) is 15.0 Å². The number of benzene rings is 1. The maximum absolute atomic E-state index is 12.3. The first kappa shape index (κ1) is 14.8. The van der Waals surface area contributed by atoms with Gasteiger partial charge in [-0.05, 0) is 36.2 Å². The average Bonchev–Trinajstić information content (AvgIpc) is 2.91. The fourth-order valence-electron chi connectivity index (χ4n) is 2.01. The van der Waals surface area contributed by atoms with Crippen molar-refractivity contribution < 1.29 is 12.8 Å². The largest absolute Gasteiger partial charge is 0.469 e. The first-order valence-electron chi connectivity index (χ1n) is 6.35. The van der Waals surface area contributed by atoms with Crippen LogP contribution >= 0.6 is 0 Å². The molecule has 2 aromatic rings. The number of hydrogen-bond donors (Lipinski definition) is 2. The Morgan fingerprint density at radius 2 is 2.05 bits per heavy atom. The number of hydrogen-bond acceptors (Lipinski definition) is 4. The summed E-state index contributed by atoms with van der Waals surface area (Å²) in [6, 6.07) is 8.71. The first-order valence-corrected chi connectivity index (χ1v) is 7.83. The molecule has 5 nitrogen and oxygen atoms in total. The monoisotopic (exact) mass is 294 g/mol. The van der Waals surface area contributed by atoms with Crippen molar-refractivity contribution in [2.45, 2.75) is 24.8 Å². The highest BCUT2D eigenvalue weighted by Gasteiger charge is 2.17. The minimum absolute atomic E-state index is 0.278. The van der Waals surface area contributed by atoms with E-state index in [1.807, 2.05) is 12.1 Å². The van der Waals surface area contributed by atoms with Crippen LogP contribution in [0.4, 0.5) is 0 Å². The van der Waals surface area contributed by atoms with Gasteiger partial charge < -0.3 is 10.2 Å². The Morgan fingerprint density at radius 3 is 2.70 bits per heavy atom. The molecule has 2 rings (SSSR count). The molecule has 0 aliphatic heterocycles. The molecule has 1 heterocycles. The smallest absolute Gasteiger partial charge is 0.240 e. The van der Waals surface area contributed by atoms with Gasteiger partial charge in [0.1, 0.15) is 5.76 Å². The SMILES string of the molecule is Cc1c(CN)cccc1S(=O)(=O)NCCc1ccco1. The zero-order valence-electron chi connectivity index (χ0n) is 11.3. The highest BCUT2D eigenvalue weighted by molar-refractivity contribution is 7.89. The van der Waals surface area contributed by atoms with E-state index < -0.39 is 10.0 Å². The van der Waals surface area contributed by atoms with E-state index in [1.54, 1.807) is 31.4 Å². The van der Waals surface area contributed by atoms with E-state index in [2.05, 4.69) is 4.72 Å². The Bertz CT molecular complexity index is 664. The van der Waals surface area contributed by atoms with Gasteiger partial charge in [0.05, 0.1) is 11.2 Å². The van der Waals surface area contributed by atoms with Crippen molar-refractivity contribution in [3.05, 3.63) is 53.5 Å². The fourth-order valence-corrected chi connectivity index (χ4v) is 3.33. The van der Waals surface area contributed by atoms with Crippen molar-refractivity contribution in [3.8, 4) is 0 Å². The topological polar surface area (TPSA) is 85.3 Å². The van der Waals surface area contributed by atoms with Crippen LogP contribution in [0.2, 0.25) is 0 Å². The lowest BCUT2D eigenvalue weighted by Gasteiger charge is -2.11. The van der Waals surface area contributed by atoms with Crippen LogP contribution in [0.3, 0.4) is 0 Å². The first-order chi connectivity index (χ1) is 9.54. The van der Waals surface area contributed by atoms with Gasteiger partial charge in [-0.1, -0.05) is 12.1 Å². The molecule has 6 heteroatoms. The second kappa shape index (κ2) is 6.21. The van der Waals surface area contributed by atoms with Gasteiger partial charge in [-0.15, -0.1) is 0 Å². The van der Waals surface area contributed by atoms with Gasteiger partial charge in [-0.3, -0.25) is 0 Å². The molecule has 3 N–H and O–H groups in total. The Morgan fingerprint density at radius 1 is 1.25 bits per heavy atom. The van der Waals surface area contributed by atoms with Crippen molar-refractivity contribution in [2.75, 3.05) is 6.54 Å². The van der Waals surface area contributed by atoms with Crippen LogP contribution in [0.15, 0.2) is 45.9 Å². The molecule has 0 spiro atoms. The van der Waals surface area contributed by atoms with E-state index in [1.165, 1.54) is 0 Å². The maximum Gasteiger partial charge on any atom is 0.240 e. The molecule has 0 saturated heterocycles. The normalized spacial score (nSPS) is 11.7. The molecule has 20 heavy (non-hydrogen) atoms. The van der Waals surface area contributed by atoms with Gasteiger partial charge in [0, 0.05) is 19.5 Å². The summed E-state index contributed by atoms with van der Waals surface area (Å²) in [5, 5.41) is 0. The molecule has 0 radical (unpaired) electrons. The van der Waals surface area contributed by atoms with E-state index in [0.717, 1.165) is 11.3 Å². The number of rotatable bonds is 6. The van der Waals surface area contributed by atoms with Crippen LogP contribution < -0.4 is 10.5 Å². The summed E-state index contributed by atoms with van der Waals surface area (Å²) in [5.41, 5.74) is 7.13. The zero-order chi connectivity index (χ0) is 14.6. The predicted molar refractivity (Wildman–Crippen MR) is 76.7 cm³/mol. The molecule has 0 amide bonds. The second-order valence-corrected chi connectivity index (χ2v) is 6.21. The number of furan rings is 1. The summed E-state index contributed by atoms with van der Waals surface area (Å²) in [6.45, 7) is 2.38. The molecular weight excluding hydrogens is 276 g/mol. The number of nitrogens with two attached hydrogens (primary N) is 1. The van der Waals surface area contributed by atoms with Gasteiger partial charge in [0.25, 0.3) is 0 Å². The van der Waals surface area contributed by atoms with Crippen molar-refractivity contribution in [3.63, 3.8) is 0 Å². The summed E-state index contributed by atoms with van der Waals surface area (Å²) < 4.78 is 32.3. The molecule has 108 valence electrons. The van der Waals surface area contributed by atoms with Gasteiger partial charge in [-0.25, -0.2) is 13.1 Å². The zero-order valence-corrected chi connectivity index (χ0v) is 12.1. The highest BCUT2D eigenvalue weighted by atomic mass is 32.2. The molecule has 0 aliphatic rings. The van der Waals surface area contributed by atoms with Gasteiger partial charge >= 0.3 is 0 Å². The van der Waals surface area contributed by atoms with Crippen LogP contribution in [0.5, 0.6) is 0 Å². The Balaban J connectivity index is 2.10. The van der Waals surface area contributed by atoms with E-state index >= 15 is 0 Å². The van der Waals surface area contributed by atoms with Crippen LogP contribution in [-0.2, 0) is 23.0 Å². The molecule has 0 atom stereocenters. The molecule has 1 aromatic heterocycles. The quantitative estimate of drug-likeness (QED) is 0.847. The summed E-state index contributed by atoms with van der Waals surface area (Å²) in [5.74, 6) is 0.750. The fraction of sp³-hybridized carbons (Fsp3) is 0.286. The third-order valence-corrected chi connectivity index (χ3v) is 4.75. The Kier molecular flexibility index (Phi) is 4.59. The van der Waals surface area contributed by atoms with Gasteiger partial charge in [0.2, 0.25) is 10.0 Å². The lowest BCUT2D eigenvalue weighted by molar-refractivity contribution is 0.506. The van der Waals surface area contributed by atoms with Crippen molar-refractivity contribution >= 4 is 10.0 Å². The lowest BCUT2D eigenvalue weighted by atomic mass is 10.1. The third kappa shape index (κ3) is 3.27. The summed E-state index contributed by atoms with van der Waals surface area (Å²) in [4.78, 5) is 0.278. The van der Waals surface area contributed by atoms with E-state index in [-0.39, 0.29) is 4.90 Å². The minimum atomic E-state index is -3.52. The Hall–Kier alpha value is -1.63. The summed E-state index contributed by atoms with van der Waals surface area (Å²) in [6.07, 6.45) is 2.08. The number of sulfonamides is 1. The third-order valence-electron chi connectivity index (χ3n) is 3.15. The van der Waals surface area contributed by atoms with E-state index in [4.69, 9.17) is 10.2 Å². The highest BCUT2D eigenvalue weighted by Crippen LogP contribution is 2.18. The standard InChI is InChI=1S/C14H18N2O3S/c1-11-12(10-15)4-2-6-14(11)20(17,18)16-8-7-13-5-3-9-19-13/h2-6,9,16H,7-8,10,15H2,1H3. The molecular formula is C14H18N2O3S. The molecule has 0 unspecified atom stereocenters. The summed E-state index contributed by atoms with van der Waals surface area (Å²) >= 11 is 0. The van der Waals surface area contributed by atoms with Gasteiger partial charge in [-0.2, -0.15) is 0 Å². The molecule has 0 fully saturated rings. The average molecular weight is 294 g/mol. The van der Waals surface area contributed by atoms with Crippen LogP contribution in [0.1, 0.15) is 16.9 Å². The maximum atomic E-state index is 12.3. The molecule has 0 bridgehead atoms. The second-order valence-electron chi connectivity index (χ2n) is 4.47. The van der Waals surface area contributed by atoms with E-state index in [0.29, 0.717) is 25.1 Å². The minimum Gasteiger partial charge on any atom is -0.469 e. The number of nitrogens with one attached hydrogen (secondary N) is 1.